The van der Waals surface area contributed by atoms with Crippen LogP contribution in [-0.2, 0) is 4.79 Å². The van der Waals surface area contributed by atoms with Crippen molar-refractivity contribution in [2.24, 2.45) is 0 Å². The Kier molecular flexibility index (Phi) is 4.45. The summed E-state index contributed by atoms with van der Waals surface area (Å²) in [6, 6.07) is 10.3. The molecule has 1 aromatic carbocycles. The molecule has 2 heterocycles. The summed E-state index contributed by atoms with van der Waals surface area (Å²) >= 11 is 6.93. The van der Waals surface area contributed by atoms with Crippen LogP contribution in [0.25, 0.3) is 11.7 Å². The lowest BCUT2D eigenvalue weighted by atomic mass is 10.3. The molecule has 112 valence electrons. The van der Waals surface area contributed by atoms with Crippen LogP contribution in [0.1, 0.15) is 0 Å². The molecule has 0 saturated carbocycles. The predicted octanol–water partition coefficient (Wildman–Crippen LogP) is 3.71. The third-order valence-electron chi connectivity index (χ3n) is 2.59. The number of hydrogen-bond acceptors (Lipinski definition) is 6. The molecule has 0 aliphatic heterocycles. The number of amides is 1. The highest BCUT2D eigenvalue weighted by Gasteiger charge is 2.12. The number of benzene rings is 1. The Labute approximate surface area is 134 Å². The number of rotatable bonds is 5. The van der Waals surface area contributed by atoms with E-state index in [0.717, 1.165) is 11.8 Å². The topological polar surface area (TPSA) is 81.2 Å². The van der Waals surface area contributed by atoms with Gasteiger partial charge in [0.25, 0.3) is 11.1 Å². The molecule has 0 aliphatic rings. The van der Waals surface area contributed by atoms with Crippen molar-refractivity contribution in [3.63, 3.8) is 0 Å². The molecule has 6 nitrogen and oxygen atoms in total. The van der Waals surface area contributed by atoms with E-state index in [1.807, 2.05) is 0 Å². The standard InChI is InChI=1S/C14H10ClN3O3S/c15-9-3-5-10(6-4-9)16-12(19)8-22-14-18-17-13(21-14)11-2-1-7-20-11/h1-7H,8H2,(H,16,19). The lowest BCUT2D eigenvalue weighted by molar-refractivity contribution is -0.113. The zero-order chi connectivity index (χ0) is 15.4. The Balaban J connectivity index is 1.54. The normalized spacial score (nSPS) is 10.6. The molecule has 1 N–H and O–H groups in total. The summed E-state index contributed by atoms with van der Waals surface area (Å²) in [6.07, 6.45) is 1.52. The molecule has 0 unspecified atom stereocenters. The van der Waals surface area contributed by atoms with Crippen LogP contribution in [0.15, 0.2) is 56.7 Å². The van der Waals surface area contributed by atoms with E-state index in [1.165, 1.54) is 6.26 Å². The van der Waals surface area contributed by atoms with Gasteiger partial charge >= 0.3 is 0 Å². The molecule has 0 atom stereocenters. The number of anilines is 1. The number of thioether (sulfide) groups is 1. The van der Waals surface area contributed by atoms with Gasteiger partial charge in [0.2, 0.25) is 5.91 Å². The number of furan rings is 1. The Morgan fingerprint density at radius 3 is 2.77 bits per heavy atom. The van der Waals surface area contributed by atoms with Crippen molar-refractivity contribution < 1.29 is 13.6 Å². The van der Waals surface area contributed by atoms with Gasteiger partial charge in [0, 0.05) is 10.7 Å². The fraction of sp³-hybridized carbons (Fsp3) is 0.0714. The van der Waals surface area contributed by atoms with Crippen LogP contribution < -0.4 is 5.32 Å². The molecular formula is C14H10ClN3O3S. The van der Waals surface area contributed by atoms with Crippen LogP contribution >= 0.6 is 23.4 Å². The van der Waals surface area contributed by atoms with Gasteiger partial charge in [0.1, 0.15) is 0 Å². The average Bonchev–Trinajstić information content (AvgIpc) is 3.18. The molecule has 0 fully saturated rings. The summed E-state index contributed by atoms with van der Waals surface area (Å²) < 4.78 is 10.5. The number of carbonyl (C=O) groups excluding carboxylic acids is 1. The Morgan fingerprint density at radius 1 is 1.23 bits per heavy atom. The molecule has 0 spiro atoms. The van der Waals surface area contributed by atoms with E-state index in [4.69, 9.17) is 20.4 Å². The minimum atomic E-state index is -0.176. The van der Waals surface area contributed by atoms with Gasteiger partial charge in [-0.25, -0.2) is 0 Å². The summed E-state index contributed by atoms with van der Waals surface area (Å²) in [6.45, 7) is 0. The van der Waals surface area contributed by atoms with Gasteiger partial charge in [0.05, 0.1) is 12.0 Å². The van der Waals surface area contributed by atoms with Crippen LogP contribution in [0.4, 0.5) is 5.69 Å². The second kappa shape index (κ2) is 6.67. The minimum Gasteiger partial charge on any atom is -0.459 e. The van der Waals surface area contributed by atoms with Crippen LogP contribution in [0.5, 0.6) is 0 Å². The first-order chi connectivity index (χ1) is 10.7. The van der Waals surface area contributed by atoms with Gasteiger partial charge in [-0.2, -0.15) is 0 Å². The summed E-state index contributed by atoms with van der Waals surface area (Å²) in [4.78, 5) is 11.8. The number of halogens is 1. The van der Waals surface area contributed by atoms with Crippen molar-refractivity contribution in [1.29, 1.82) is 0 Å². The van der Waals surface area contributed by atoms with Gasteiger partial charge in [-0.3, -0.25) is 4.79 Å². The lowest BCUT2D eigenvalue weighted by Crippen LogP contribution is -2.13. The Hall–Kier alpha value is -2.25. The fourth-order valence-corrected chi connectivity index (χ4v) is 2.31. The highest BCUT2D eigenvalue weighted by molar-refractivity contribution is 7.99. The van der Waals surface area contributed by atoms with Gasteiger partial charge in [-0.05, 0) is 36.4 Å². The fourth-order valence-electron chi connectivity index (χ4n) is 1.63. The van der Waals surface area contributed by atoms with Crippen molar-refractivity contribution in [2.75, 3.05) is 11.1 Å². The molecule has 2 aromatic heterocycles. The average molecular weight is 336 g/mol. The second-order valence-corrected chi connectivity index (χ2v) is 5.56. The zero-order valence-electron chi connectivity index (χ0n) is 11.2. The van der Waals surface area contributed by atoms with Gasteiger partial charge < -0.3 is 14.2 Å². The van der Waals surface area contributed by atoms with Crippen molar-refractivity contribution in [3.8, 4) is 11.7 Å². The molecule has 0 saturated heterocycles. The highest BCUT2D eigenvalue weighted by Crippen LogP contribution is 2.23. The lowest BCUT2D eigenvalue weighted by Gasteiger charge is -2.03. The summed E-state index contributed by atoms with van der Waals surface area (Å²) in [5.41, 5.74) is 0.678. The van der Waals surface area contributed by atoms with E-state index in [-0.39, 0.29) is 17.6 Å². The molecule has 0 radical (unpaired) electrons. The summed E-state index contributed by atoms with van der Waals surface area (Å²) in [5.74, 6) is 0.753. The van der Waals surface area contributed by atoms with Crippen LogP contribution in [-0.4, -0.2) is 21.9 Å². The van der Waals surface area contributed by atoms with Crippen LogP contribution in [0, 0.1) is 0 Å². The number of aromatic nitrogens is 2. The van der Waals surface area contributed by atoms with E-state index in [9.17, 15) is 4.79 Å². The number of nitrogens with one attached hydrogen (secondary N) is 1. The van der Waals surface area contributed by atoms with E-state index in [2.05, 4.69) is 15.5 Å². The van der Waals surface area contributed by atoms with Gasteiger partial charge in [-0.1, -0.05) is 23.4 Å². The maximum Gasteiger partial charge on any atom is 0.284 e. The molecule has 22 heavy (non-hydrogen) atoms. The van der Waals surface area contributed by atoms with E-state index in [0.29, 0.717) is 21.7 Å². The summed E-state index contributed by atoms with van der Waals surface area (Å²) in [5, 5.41) is 11.4. The third kappa shape index (κ3) is 3.69. The first-order valence-electron chi connectivity index (χ1n) is 6.26. The third-order valence-corrected chi connectivity index (χ3v) is 3.66. The van der Waals surface area contributed by atoms with Gasteiger partial charge in [0.15, 0.2) is 5.76 Å². The van der Waals surface area contributed by atoms with Crippen molar-refractivity contribution in [1.82, 2.24) is 10.2 Å². The number of nitrogens with zero attached hydrogens (tertiary/aromatic N) is 2. The monoisotopic (exact) mass is 335 g/mol. The van der Waals surface area contributed by atoms with E-state index in [1.54, 1.807) is 36.4 Å². The highest BCUT2D eigenvalue weighted by atomic mass is 35.5. The minimum absolute atomic E-state index is 0.155. The molecule has 1 amide bonds. The molecule has 0 bridgehead atoms. The van der Waals surface area contributed by atoms with Crippen LogP contribution in [0.2, 0.25) is 5.02 Å². The molecule has 0 aliphatic carbocycles. The Morgan fingerprint density at radius 2 is 2.05 bits per heavy atom. The van der Waals surface area contributed by atoms with Crippen molar-refractivity contribution in [3.05, 3.63) is 47.7 Å². The molecular weight excluding hydrogens is 326 g/mol. The molecule has 8 heteroatoms. The van der Waals surface area contributed by atoms with Gasteiger partial charge in [-0.15, -0.1) is 10.2 Å². The first-order valence-corrected chi connectivity index (χ1v) is 7.63. The quantitative estimate of drug-likeness (QED) is 0.716. The smallest absolute Gasteiger partial charge is 0.284 e. The van der Waals surface area contributed by atoms with Crippen molar-refractivity contribution in [2.45, 2.75) is 5.22 Å². The maximum absolute atomic E-state index is 11.8. The maximum atomic E-state index is 11.8. The van der Waals surface area contributed by atoms with E-state index < -0.39 is 0 Å². The van der Waals surface area contributed by atoms with E-state index >= 15 is 0 Å². The van der Waals surface area contributed by atoms with Crippen LogP contribution in [0.3, 0.4) is 0 Å². The zero-order valence-corrected chi connectivity index (χ0v) is 12.7. The SMILES string of the molecule is O=C(CSc1nnc(-c2ccco2)o1)Nc1ccc(Cl)cc1. The largest absolute Gasteiger partial charge is 0.459 e. The summed E-state index contributed by atoms with van der Waals surface area (Å²) in [7, 11) is 0. The second-order valence-electron chi connectivity index (χ2n) is 4.19. The Bertz CT molecular complexity index is 756. The number of hydrogen-bond donors (Lipinski definition) is 1. The molecule has 3 aromatic rings. The van der Waals surface area contributed by atoms with Crippen molar-refractivity contribution >= 4 is 35.0 Å². The molecule has 3 rings (SSSR count). The first kappa shape index (κ1) is 14.7. The predicted molar refractivity (Wildman–Crippen MR) is 82.8 cm³/mol. The number of carbonyl (C=O) groups is 1.